The standard InChI is InChI=1S/C20H23FN4O3/c1-27-18-5-3-15(11-16(18)21)23-19(26)13-2-4-17-14(10-13)12-22-20(24-17)25-6-8-28-9-7-25/h3,5,11-13H,2,4,6-10H2,1H3,(H,23,26)/t13-/m0/s1. The summed E-state index contributed by atoms with van der Waals surface area (Å²) >= 11 is 0. The van der Waals surface area contributed by atoms with Crippen molar-refractivity contribution in [3.8, 4) is 5.75 Å². The zero-order valence-electron chi connectivity index (χ0n) is 15.8. The molecule has 1 fully saturated rings. The Balaban J connectivity index is 1.42. The number of aryl methyl sites for hydroxylation is 1. The molecule has 0 saturated carbocycles. The summed E-state index contributed by atoms with van der Waals surface area (Å²) in [6.45, 7) is 2.97. The van der Waals surface area contributed by atoms with Gasteiger partial charge in [0.25, 0.3) is 0 Å². The Morgan fingerprint density at radius 1 is 1.36 bits per heavy atom. The van der Waals surface area contributed by atoms with Crippen LogP contribution >= 0.6 is 0 Å². The molecule has 28 heavy (non-hydrogen) atoms. The van der Waals surface area contributed by atoms with Crippen LogP contribution in [0.2, 0.25) is 0 Å². The highest BCUT2D eigenvalue weighted by Crippen LogP contribution is 2.27. The number of rotatable bonds is 4. The van der Waals surface area contributed by atoms with Gasteiger partial charge in [-0.15, -0.1) is 0 Å². The minimum atomic E-state index is -0.502. The Morgan fingerprint density at radius 2 is 2.18 bits per heavy atom. The summed E-state index contributed by atoms with van der Waals surface area (Å²) in [5.41, 5.74) is 2.44. The first-order chi connectivity index (χ1) is 13.6. The van der Waals surface area contributed by atoms with Crippen LogP contribution in [-0.4, -0.2) is 49.3 Å². The SMILES string of the molecule is COc1ccc(NC(=O)[C@H]2CCc3nc(N4CCOCC4)ncc3C2)cc1F. The van der Waals surface area contributed by atoms with Gasteiger partial charge in [0, 0.05) is 42.7 Å². The molecular formula is C20H23FN4O3. The number of anilines is 2. The fourth-order valence-electron chi connectivity index (χ4n) is 3.62. The first-order valence-electron chi connectivity index (χ1n) is 9.46. The molecule has 1 N–H and O–H groups in total. The van der Waals surface area contributed by atoms with E-state index in [0.717, 1.165) is 36.7 Å². The predicted octanol–water partition coefficient (Wildman–Crippen LogP) is 2.20. The van der Waals surface area contributed by atoms with E-state index in [1.165, 1.54) is 19.2 Å². The lowest BCUT2D eigenvalue weighted by molar-refractivity contribution is -0.120. The molecule has 1 aliphatic heterocycles. The molecule has 1 saturated heterocycles. The third-order valence-electron chi connectivity index (χ3n) is 5.22. The number of morpholine rings is 1. The van der Waals surface area contributed by atoms with Gasteiger partial charge in [0.05, 0.1) is 20.3 Å². The average Bonchev–Trinajstić information content (AvgIpc) is 2.73. The van der Waals surface area contributed by atoms with Crippen molar-refractivity contribution in [3.63, 3.8) is 0 Å². The molecular weight excluding hydrogens is 363 g/mol. The second-order valence-electron chi connectivity index (χ2n) is 7.02. The Labute approximate surface area is 162 Å². The Bertz CT molecular complexity index is 871. The zero-order valence-corrected chi connectivity index (χ0v) is 15.8. The summed E-state index contributed by atoms with van der Waals surface area (Å²) in [7, 11) is 1.41. The molecule has 1 aromatic heterocycles. The molecule has 148 valence electrons. The lowest BCUT2D eigenvalue weighted by atomic mass is 9.86. The van der Waals surface area contributed by atoms with Crippen LogP contribution in [0.1, 0.15) is 17.7 Å². The third-order valence-corrected chi connectivity index (χ3v) is 5.22. The van der Waals surface area contributed by atoms with Crippen LogP contribution in [0.3, 0.4) is 0 Å². The van der Waals surface area contributed by atoms with Crippen molar-refractivity contribution in [2.45, 2.75) is 19.3 Å². The highest BCUT2D eigenvalue weighted by molar-refractivity contribution is 5.93. The minimum Gasteiger partial charge on any atom is -0.494 e. The van der Waals surface area contributed by atoms with Crippen molar-refractivity contribution in [2.24, 2.45) is 5.92 Å². The van der Waals surface area contributed by atoms with E-state index in [1.54, 1.807) is 6.07 Å². The van der Waals surface area contributed by atoms with Gasteiger partial charge in [-0.1, -0.05) is 0 Å². The number of amides is 1. The van der Waals surface area contributed by atoms with Crippen molar-refractivity contribution in [2.75, 3.05) is 43.6 Å². The summed E-state index contributed by atoms with van der Waals surface area (Å²) in [6, 6.07) is 4.40. The number of halogens is 1. The number of ether oxygens (including phenoxy) is 2. The molecule has 1 amide bonds. The fourth-order valence-corrected chi connectivity index (χ4v) is 3.62. The molecule has 1 aliphatic carbocycles. The van der Waals surface area contributed by atoms with Gasteiger partial charge in [-0.2, -0.15) is 0 Å². The molecule has 8 heteroatoms. The molecule has 1 aromatic carbocycles. The molecule has 0 radical (unpaired) electrons. The van der Waals surface area contributed by atoms with Crippen molar-refractivity contribution in [1.29, 1.82) is 0 Å². The van der Waals surface area contributed by atoms with Crippen LogP contribution in [0.25, 0.3) is 0 Å². The fraction of sp³-hybridized carbons (Fsp3) is 0.450. The van der Waals surface area contributed by atoms with Gasteiger partial charge in [-0.3, -0.25) is 4.79 Å². The van der Waals surface area contributed by atoms with E-state index in [0.29, 0.717) is 31.7 Å². The molecule has 0 spiro atoms. The highest BCUT2D eigenvalue weighted by Gasteiger charge is 2.27. The lowest BCUT2D eigenvalue weighted by Gasteiger charge is -2.28. The van der Waals surface area contributed by atoms with E-state index < -0.39 is 5.82 Å². The van der Waals surface area contributed by atoms with Crippen LogP contribution in [0, 0.1) is 11.7 Å². The first kappa shape index (κ1) is 18.6. The molecule has 2 aliphatic rings. The maximum absolute atomic E-state index is 13.8. The molecule has 1 atom stereocenters. The summed E-state index contributed by atoms with van der Waals surface area (Å²) < 4.78 is 24.1. The number of benzene rings is 1. The molecule has 0 unspecified atom stereocenters. The zero-order chi connectivity index (χ0) is 19.5. The summed E-state index contributed by atoms with van der Waals surface area (Å²) in [5, 5.41) is 2.80. The minimum absolute atomic E-state index is 0.118. The second-order valence-corrected chi connectivity index (χ2v) is 7.02. The topological polar surface area (TPSA) is 76.6 Å². The van der Waals surface area contributed by atoms with Gasteiger partial charge in [0.15, 0.2) is 11.6 Å². The molecule has 2 aromatic rings. The van der Waals surface area contributed by atoms with Crippen molar-refractivity contribution >= 4 is 17.5 Å². The number of methoxy groups -OCH3 is 1. The van der Waals surface area contributed by atoms with E-state index in [-0.39, 0.29) is 17.6 Å². The van der Waals surface area contributed by atoms with Crippen molar-refractivity contribution in [1.82, 2.24) is 9.97 Å². The number of hydrogen-bond acceptors (Lipinski definition) is 6. The number of nitrogens with one attached hydrogen (secondary N) is 1. The third kappa shape index (κ3) is 3.91. The van der Waals surface area contributed by atoms with E-state index in [1.807, 2.05) is 6.20 Å². The molecule has 2 heterocycles. The van der Waals surface area contributed by atoms with Gasteiger partial charge >= 0.3 is 0 Å². The summed E-state index contributed by atoms with van der Waals surface area (Å²) in [6.07, 6.45) is 3.85. The van der Waals surface area contributed by atoms with E-state index in [2.05, 4.69) is 15.2 Å². The number of carbonyl (C=O) groups is 1. The molecule has 7 nitrogen and oxygen atoms in total. The van der Waals surface area contributed by atoms with Crippen LogP contribution in [-0.2, 0) is 22.4 Å². The smallest absolute Gasteiger partial charge is 0.227 e. The lowest BCUT2D eigenvalue weighted by Crippen LogP contribution is -2.38. The molecule has 0 bridgehead atoms. The van der Waals surface area contributed by atoms with E-state index in [9.17, 15) is 9.18 Å². The molecule has 4 rings (SSSR count). The average molecular weight is 386 g/mol. The summed E-state index contributed by atoms with van der Waals surface area (Å²) in [5.74, 6) is 0.0813. The van der Waals surface area contributed by atoms with Crippen LogP contribution in [0.15, 0.2) is 24.4 Å². The predicted molar refractivity (Wildman–Crippen MR) is 102 cm³/mol. The Kier molecular flexibility index (Phi) is 5.38. The van der Waals surface area contributed by atoms with Crippen molar-refractivity contribution < 1.29 is 18.7 Å². The van der Waals surface area contributed by atoms with Gasteiger partial charge in [-0.25, -0.2) is 14.4 Å². The van der Waals surface area contributed by atoms with Gasteiger partial charge < -0.3 is 19.7 Å². The number of aromatic nitrogens is 2. The first-order valence-corrected chi connectivity index (χ1v) is 9.46. The number of nitrogens with zero attached hydrogens (tertiary/aromatic N) is 3. The number of carbonyl (C=O) groups excluding carboxylic acids is 1. The van der Waals surface area contributed by atoms with Crippen LogP contribution < -0.4 is 15.0 Å². The largest absolute Gasteiger partial charge is 0.494 e. The van der Waals surface area contributed by atoms with E-state index >= 15 is 0 Å². The van der Waals surface area contributed by atoms with Gasteiger partial charge in [-0.05, 0) is 37.0 Å². The van der Waals surface area contributed by atoms with E-state index in [4.69, 9.17) is 14.5 Å². The highest BCUT2D eigenvalue weighted by atomic mass is 19.1. The second kappa shape index (κ2) is 8.10. The van der Waals surface area contributed by atoms with Crippen LogP contribution in [0.4, 0.5) is 16.0 Å². The van der Waals surface area contributed by atoms with Crippen molar-refractivity contribution in [3.05, 3.63) is 41.5 Å². The Morgan fingerprint density at radius 3 is 2.93 bits per heavy atom. The number of fused-ring (bicyclic) bond motifs is 1. The maximum Gasteiger partial charge on any atom is 0.227 e. The number of hydrogen-bond donors (Lipinski definition) is 1. The van der Waals surface area contributed by atoms with Gasteiger partial charge in [0.2, 0.25) is 11.9 Å². The maximum atomic E-state index is 13.8. The van der Waals surface area contributed by atoms with Gasteiger partial charge in [0.1, 0.15) is 0 Å². The quantitative estimate of drug-likeness (QED) is 0.868. The normalized spacial score (nSPS) is 19.1. The van der Waals surface area contributed by atoms with Crippen LogP contribution in [0.5, 0.6) is 5.75 Å². The Hall–Kier alpha value is -2.74. The monoisotopic (exact) mass is 386 g/mol. The summed E-state index contributed by atoms with van der Waals surface area (Å²) in [4.78, 5) is 24.0.